The maximum atomic E-state index is 13.4. The molecule has 2 unspecified atom stereocenters. The van der Waals surface area contributed by atoms with Crippen LogP contribution >= 0.6 is 11.6 Å². The SMILES string of the molecule is N=C1C(c2ccc([N+](=O)[O-])cc2)N(c2ccc(Cl)cc2)S(=O)N1c1ccccc1. The summed E-state index contributed by atoms with van der Waals surface area (Å²) in [6, 6.07) is 21.2. The third-order valence-corrected chi connectivity index (χ3v) is 6.26. The van der Waals surface area contributed by atoms with Crippen LogP contribution in [0.15, 0.2) is 78.9 Å². The third-order valence-electron chi connectivity index (χ3n) is 4.53. The molecule has 1 fully saturated rings. The summed E-state index contributed by atoms with van der Waals surface area (Å²) in [7, 11) is 0. The lowest BCUT2D eigenvalue weighted by molar-refractivity contribution is -0.384. The Morgan fingerprint density at radius 2 is 1.55 bits per heavy atom. The molecule has 0 bridgehead atoms. The maximum Gasteiger partial charge on any atom is 0.269 e. The molecule has 9 heteroatoms. The molecule has 146 valence electrons. The zero-order valence-corrected chi connectivity index (χ0v) is 16.5. The van der Waals surface area contributed by atoms with Gasteiger partial charge in [-0.05, 0) is 54.1 Å². The number of benzene rings is 3. The van der Waals surface area contributed by atoms with Crippen LogP contribution in [0.5, 0.6) is 0 Å². The summed E-state index contributed by atoms with van der Waals surface area (Å²) in [5.74, 6) is 0.110. The van der Waals surface area contributed by atoms with Crippen molar-refractivity contribution in [2.45, 2.75) is 6.04 Å². The zero-order valence-electron chi connectivity index (χ0n) is 14.9. The molecule has 0 radical (unpaired) electrons. The molecular weight excluding hydrogens is 412 g/mol. The largest absolute Gasteiger partial charge is 0.285 e. The molecule has 1 aliphatic rings. The standard InChI is InChI=1S/C20H15ClN4O3S/c21-15-8-12-17(13-9-15)23-19(14-6-10-18(11-7-14)25(26)27)20(22)24(29(23)28)16-4-2-1-3-5-16/h1-13,19,22H. The van der Waals surface area contributed by atoms with Crippen molar-refractivity contribution < 1.29 is 9.13 Å². The molecule has 1 saturated heterocycles. The predicted molar refractivity (Wildman–Crippen MR) is 115 cm³/mol. The molecule has 0 aliphatic carbocycles. The van der Waals surface area contributed by atoms with Crippen LogP contribution in [0.25, 0.3) is 0 Å². The van der Waals surface area contributed by atoms with Crippen LogP contribution in [-0.2, 0) is 11.2 Å². The first kappa shape index (κ1) is 19.1. The number of non-ortho nitro benzene ring substituents is 1. The van der Waals surface area contributed by atoms with Crippen molar-refractivity contribution in [3.63, 3.8) is 0 Å². The summed E-state index contributed by atoms with van der Waals surface area (Å²) in [5.41, 5.74) is 1.83. The van der Waals surface area contributed by atoms with Crippen LogP contribution < -0.4 is 8.61 Å². The molecule has 1 aliphatic heterocycles. The number of halogens is 1. The second-order valence-electron chi connectivity index (χ2n) is 6.30. The fourth-order valence-electron chi connectivity index (χ4n) is 3.18. The molecule has 3 aromatic rings. The van der Waals surface area contributed by atoms with E-state index < -0.39 is 22.1 Å². The van der Waals surface area contributed by atoms with Crippen LogP contribution in [0.3, 0.4) is 0 Å². The number of amidine groups is 1. The van der Waals surface area contributed by atoms with Gasteiger partial charge in [0.2, 0.25) is 11.2 Å². The van der Waals surface area contributed by atoms with Gasteiger partial charge in [0.1, 0.15) is 11.9 Å². The molecule has 2 atom stereocenters. The van der Waals surface area contributed by atoms with E-state index >= 15 is 0 Å². The van der Waals surface area contributed by atoms with Gasteiger partial charge >= 0.3 is 0 Å². The van der Waals surface area contributed by atoms with E-state index in [1.165, 1.54) is 16.4 Å². The number of rotatable bonds is 4. The summed E-state index contributed by atoms with van der Waals surface area (Å²) in [6.45, 7) is 0. The highest BCUT2D eigenvalue weighted by Gasteiger charge is 2.44. The highest BCUT2D eigenvalue weighted by Crippen LogP contribution is 2.40. The van der Waals surface area contributed by atoms with Crippen LogP contribution in [0.2, 0.25) is 5.02 Å². The Morgan fingerprint density at radius 1 is 0.931 bits per heavy atom. The van der Waals surface area contributed by atoms with Crippen LogP contribution in [0.1, 0.15) is 11.6 Å². The first-order valence-corrected chi connectivity index (χ1v) is 10.1. The number of para-hydroxylation sites is 1. The third kappa shape index (κ3) is 3.48. The van der Waals surface area contributed by atoms with E-state index in [4.69, 9.17) is 17.0 Å². The van der Waals surface area contributed by atoms with Crippen LogP contribution in [-0.4, -0.2) is 15.0 Å². The molecule has 0 amide bonds. The van der Waals surface area contributed by atoms with E-state index in [-0.39, 0.29) is 11.5 Å². The molecule has 1 heterocycles. The van der Waals surface area contributed by atoms with Crippen molar-refractivity contribution in [2.75, 3.05) is 8.61 Å². The number of nitro groups is 1. The predicted octanol–water partition coefficient (Wildman–Crippen LogP) is 4.87. The first-order valence-electron chi connectivity index (χ1n) is 8.62. The highest BCUT2D eigenvalue weighted by molar-refractivity contribution is 7.89. The fourth-order valence-corrected chi connectivity index (χ4v) is 4.75. The normalized spacial score (nSPS) is 18.9. The Hall–Kier alpha value is -3.23. The van der Waals surface area contributed by atoms with E-state index in [2.05, 4.69) is 0 Å². The Morgan fingerprint density at radius 3 is 2.14 bits per heavy atom. The Kier molecular flexibility index (Phi) is 5.04. The van der Waals surface area contributed by atoms with Crippen LogP contribution in [0, 0.1) is 15.5 Å². The van der Waals surface area contributed by atoms with Gasteiger partial charge in [0.05, 0.1) is 16.3 Å². The lowest BCUT2D eigenvalue weighted by Gasteiger charge is -2.23. The zero-order chi connectivity index (χ0) is 20.5. The summed E-state index contributed by atoms with van der Waals surface area (Å²) < 4.78 is 16.5. The monoisotopic (exact) mass is 426 g/mol. The van der Waals surface area contributed by atoms with Gasteiger partial charge in [-0.15, -0.1) is 0 Å². The molecule has 0 aromatic heterocycles. The van der Waals surface area contributed by atoms with Gasteiger partial charge in [0.25, 0.3) is 5.69 Å². The smallest absolute Gasteiger partial charge is 0.269 e. The first-order chi connectivity index (χ1) is 14.0. The molecule has 1 N–H and O–H groups in total. The lowest BCUT2D eigenvalue weighted by Crippen LogP contribution is -2.27. The number of hydrogen-bond acceptors (Lipinski definition) is 4. The van der Waals surface area contributed by atoms with E-state index in [1.807, 2.05) is 18.2 Å². The van der Waals surface area contributed by atoms with E-state index in [0.29, 0.717) is 22.0 Å². The van der Waals surface area contributed by atoms with Gasteiger partial charge < -0.3 is 0 Å². The molecule has 0 spiro atoms. The van der Waals surface area contributed by atoms with Gasteiger partial charge in [0, 0.05) is 17.2 Å². The van der Waals surface area contributed by atoms with Gasteiger partial charge in [-0.2, -0.15) is 0 Å². The average Bonchev–Trinajstić information content (AvgIpc) is 2.99. The molecule has 7 nitrogen and oxygen atoms in total. The second kappa shape index (κ2) is 7.65. The van der Waals surface area contributed by atoms with Gasteiger partial charge in [-0.25, -0.2) is 8.51 Å². The van der Waals surface area contributed by atoms with Crippen molar-refractivity contribution in [1.82, 2.24) is 0 Å². The highest BCUT2D eigenvalue weighted by atomic mass is 35.5. The van der Waals surface area contributed by atoms with Crippen molar-refractivity contribution in [3.05, 3.63) is 99.6 Å². The van der Waals surface area contributed by atoms with Gasteiger partial charge in [0.15, 0.2) is 0 Å². The van der Waals surface area contributed by atoms with E-state index in [9.17, 15) is 14.3 Å². The Balaban J connectivity index is 1.82. The van der Waals surface area contributed by atoms with Crippen molar-refractivity contribution in [1.29, 1.82) is 5.41 Å². The minimum atomic E-state index is -1.72. The van der Waals surface area contributed by atoms with Gasteiger partial charge in [-0.1, -0.05) is 29.8 Å². The van der Waals surface area contributed by atoms with Gasteiger partial charge in [-0.3, -0.25) is 19.8 Å². The number of anilines is 2. The minimum Gasteiger partial charge on any atom is -0.285 e. The van der Waals surface area contributed by atoms with E-state index in [0.717, 1.165) is 0 Å². The lowest BCUT2D eigenvalue weighted by atomic mass is 10.0. The fraction of sp³-hybridized carbons (Fsp3) is 0.0500. The number of nitrogens with one attached hydrogen (secondary N) is 1. The quantitative estimate of drug-likeness (QED) is 0.476. The van der Waals surface area contributed by atoms with Crippen molar-refractivity contribution in [3.8, 4) is 0 Å². The molecule has 4 rings (SSSR count). The second-order valence-corrected chi connectivity index (χ2v) is 7.96. The number of nitrogens with zero attached hydrogens (tertiary/aromatic N) is 3. The topological polar surface area (TPSA) is 90.5 Å². The molecule has 29 heavy (non-hydrogen) atoms. The summed E-state index contributed by atoms with van der Waals surface area (Å²) >= 11 is 4.28. The minimum absolute atomic E-state index is 0.0441. The summed E-state index contributed by atoms with van der Waals surface area (Å²) in [4.78, 5) is 10.5. The molecule has 3 aromatic carbocycles. The summed E-state index contributed by atoms with van der Waals surface area (Å²) in [5, 5.41) is 20.3. The number of hydrogen-bond donors (Lipinski definition) is 1. The number of nitro benzene ring substituents is 1. The molecular formula is C20H15ClN4O3S. The van der Waals surface area contributed by atoms with Crippen molar-refractivity contribution >= 4 is 45.7 Å². The van der Waals surface area contributed by atoms with Crippen LogP contribution in [0.4, 0.5) is 17.1 Å². The average molecular weight is 427 g/mol. The maximum absolute atomic E-state index is 13.4. The van der Waals surface area contributed by atoms with Crippen molar-refractivity contribution in [2.24, 2.45) is 0 Å². The Bertz CT molecular complexity index is 1090. The Labute approximate surface area is 174 Å². The van der Waals surface area contributed by atoms with E-state index in [1.54, 1.807) is 52.8 Å². The summed E-state index contributed by atoms with van der Waals surface area (Å²) in [6.07, 6.45) is 0. The molecule has 0 saturated carbocycles.